The quantitative estimate of drug-likeness (QED) is 0.438. The van der Waals surface area contributed by atoms with Crippen molar-refractivity contribution < 1.29 is 18.4 Å². The van der Waals surface area contributed by atoms with Gasteiger partial charge in [-0.15, -0.1) is 11.3 Å². The lowest BCUT2D eigenvalue weighted by Crippen LogP contribution is -2.22. The zero-order valence-corrected chi connectivity index (χ0v) is 13.0. The lowest BCUT2D eigenvalue weighted by molar-refractivity contribution is -0.111. The zero-order valence-electron chi connectivity index (χ0n) is 11.3. The molecule has 8 heteroatoms. The first-order chi connectivity index (χ1) is 8.91. The number of hydrogen-bond donors (Lipinski definition) is 0. The Bertz CT molecular complexity index is 491. The predicted molar refractivity (Wildman–Crippen MR) is 76.0 cm³/mol. The molecular formula is C11H17N2O4PS. The van der Waals surface area contributed by atoms with Gasteiger partial charge in [0.05, 0.1) is 4.88 Å². The van der Waals surface area contributed by atoms with Crippen molar-refractivity contribution in [2.75, 3.05) is 34.5 Å². The number of hydrazone groups is 1. The molecule has 0 N–H and O–H groups in total. The molecule has 0 unspecified atom stereocenters. The number of Topliss-reactive ketones (excluding diaryl/α,β-unsaturated/α-hetero) is 1. The number of nitrogens with zero attached hydrogens (tertiary/aromatic N) is 2. The maximum Gasteiger partial charge on any atom is 0.337 e. The van der Waals surface area contributed by atoms with Gasteiger partial charge >= 0.3 is 7.60 Å². The predicted octanol–water partition coefficient (Wildman–Crippen LogP) is 2.07. The van der Waals surface area contributed by atoms with Crippen molar-refractivity contribution in [2.45, 2.75) is 0 Å². The van der Waals surface area contributed by atoms with Crippen LogP contribution in [0.2, 0.25) is 0 Å². The molecule has 1 rings (SSSR count). The summed E-state index contributed by atoms with van der Waals surface area (Å²) in [7, 11) is 2.56. The molecule has 106 valence electrons. The first-order valence-electron chi connectivity index (χ1n) is 5.45. The molecule has 0 fully saturated rings. The monoisotopic (exact) mass is 304 g/mol. The minimum absolute atomic E-state index is 0.259. The molecule has 19 heavy (non-hydrogen) atoms. The van der Waals surface area contributed by atoms with E-state index in [-0.39, 0.29) is 17.7 Å². The van der Waals surface area contributed by atoms with Gasteiger partial charge in [0.25, 0.3) is 0 Å². The van der Waals surface area contributed by atoms with E-state index in [1.165, 1.54) is 30.6 Å². The molecule has 0 radical (unpaired) electrons. The van der Waals surface area contributed by atoms with Gasteiger partial charge in [0.1, 0.15) is 11.9 Å². The highest BCUT2D eigenvalue weighted by Gasteiger charge is 2.29. The summed E-state index contributed by atoms with van der Waals surface area (Å²) < 4.78 is 21.5. The number of ketones is 1. The molecule has 1 heterocycles. The highest BCUT2D eigenvalue weighted by Crippen LogP contribution is 2.46. The minimum Gasteiger partial charge on any atom is -0.312 e. The largest absolute Gasteiger partial charge is 0.337 e. The smallest absolute Gasteiger partial charge is 0.312 e. The first kappa shape index (κ1) is 16.0. The fourth-order valence-corrected chi connectivity index (χ4v) is 2.95. The molecule has 6 nitrogen and oxygen atoms in total. The van der Waals surface area contributed by atoms with E-state index in [0.717, 1.165) is 4.88 Å². The van der Waals surface area contributed by atoms with Gasteiger partial charge in [0.15, 0.2) is 5.78 Å². The Morgan fingerprint density at radius 1 is 1.42 bits per heavy atom. The standard InChI is InChI=1S/C11H17N2O4PS/c1-13(2)12-11(10-6-5-7-19-10)9(14)8-18(15,16-3)17-4/h5-7H,8H2,1-4H3/b12-11-. The molecule has 0 atom stereocenters. The van der Waals surface area contributed by atoms with Crippen LogP contribution >= 0.6 is 18.9 Å². The lowest BCUT2D eigenvalue weighted by Gasteiger charge is -2.14. The van der Waals surface area contributed by atoms with E-state index in [0.29, 0.717) is 0 Å². The molecule has 0 spiro atoms. The Kier molecular flexibility index (Phi) is 5.87. The van der Waals surface area contributed by atoms with E-state index in [9.17, 15) is 9.36 Å². The minimum atomic E-state index is -3.38. The van der Waals surface area contributed by atoms with Crippen molar-refractivity contribution in [2.24, 2.45) is 5.10 Å². The SMILES string of the molecule is COP(=O)(CC(=O)/C(=N/N(C)C)c1cccs1)OC. The molecular weight excluding hydrogens is 287 g/mol. The van der Waals surface area contributed by atoms with E-state index in [1.54, 1.807) is 20.2 Å². The summed E-state index contributed by atoms with van der Waals surface area (Å²) in [4.78, 5) is 12.9. The van der Waals surface area contributed by atoms with Crippen LogP contribution in [-0.2, 0) is 18.4 Å². The van der Waals surface area contributed by atoms with Crippen LogP contribution in [0.1, 0.15) is 4.88 Å². The van der Waals surface area contributed by atoms with Crippen LogP contribution in [0.25, 0.3) is 0 Å². The van der Waals surface area contributed by atoms with E-state index in [1.807, 2.05) is 11.4 Å². The molecule has 0 aromatic carbocycles. The van der Waals surface area contributed by atoms with Gasteiger partial charge < -0.3 is 14.1 Å². The number of carbonyl (C=O) groups excluding carboxylic acids is 1. The van der Waals surface area contributed by atoms with Gasteiger partial charge in [-0.1, -0.05) is 6.07 Å². The molecule has 0 aliphatic heterocycles. The van der Waals surface area contributed by atoms with Crippen molar-refractivity contribution in [3.8, 4) is 0 Å². The average Bonchev–Trinajstić information content (AvgIpc) is 2.89. The average molecular weight is 304 g/mol. The zero-order chi connectivity index (χ0) is 14.5. The van der Waals surface area contributed by atoms with Gasteiger partial charge in [-0.05, 0) is 11.4 Å². The van der Waals surface area contributed by atoms with E-state index in [4.69, 9.17) is 9.05 Å². The van der Waals surface area contributed by atoms with E-state index >= 15 is 0 Å². The molecule has 0 saturated carbocycles. The molecule has 0 amide bonds. The number of rotatable bonds is 7. The van der Waals surface area contributed by atoms with Gasteiger partial charge in [-0.2, -0.15) is 5.10 Å². The number of carbonyl (C=O) groups is 1. The van der Waals surface area contributed by atoms with E-state index < -0.39 is 7.60 Å². The summed E-state index contributed by atoms with van der Waals surface area (Å²) >= 11 is 1.39. The normalized spacial score (nSPS) is 12.5. The Labute approximate surface area is 116 Å². The first-order valence-corrected chi connectivity index (χ1v) is 8.06. The van der Waals surface area contributed by atoms with Crippen LogP contribution in [-0.4, -0.2) is 51.0 Å². The van der Waals surface area contributed by atoms with E-state index in [2.05, 4.69) is 5.10 Å². The van der Waals surface area contributed by atoms with Gasteiger partial charge in [-0.25, -0.2) is 0 Å². The number of hydrogen-bond acceptors (Lipinski definition) is 7. The van der Waals surface area contributed by atoms with Crippen LogP contribution in [0, 0.1) is 0 Å². The summed E-state index contributed by atoms with van der Waals surface area (Å²) in [5.41, 5.74) is 0.259. The molecule has 0 bridgehead atoms. The summed E-state index contributed by atoms with van der Waals surface area (Å²) in [5.74, 6) is -0.372. The van der Waals surface area contributed by atoms with Crippen molar-refractivity contribution in [3.05, 3.63) is 22.4 Å². The van der Waals surface area contributed by atoms with Gasteiger partial charge in [-0.3, -0.25) is 9.36 Å². The second-order valence-electron chi connectivity index (χ2n) is 3.83. The molecule has 1 aromatic rings. The Morgan fingerprint density at radius 3 is 2.47 bits per heavy atom. The molecule has 0 aliphatic carbocycles. The summed E-state index contributed by atoms with van der Waals surface area (Å²) in [6.45, 7) is 0. The van der Waals surface area contributed by atoms with Gasteiger partial charge in [0, 0.05) is 28.3 Å². The molecule has 0 saturated heterocycles. The number of thiophene rings is 1. The maximum atomic E-state index is 12.2. The van der Waals surface area contributed by atoms with Crippen LogP contribution < -0.4 is 0 Å². The van der Waals surface area contributed by atoms with Crippen LogP contribution in [0.4, 0.5) is 0 Å². The van der Waals surface area contributed by atoms with Crippen LogP contribution in [0.5, 0.6) is 0 Å². The second-order valence-corrected chi connectivity index (χ2v) is 7.05. The summed E-state index contributed by atoms with van der Waals surface area (Å²) in [6.07, 6.45) is -0.329. The van der Waals surface area contributed by atoms with Crippen LogP contribution in [0.15, 0.2) is 22.6 Å². The molecule has 0 aliphatic rings. The molecule has 1 aromatic heterocycles. The van der Waals surface area contributed by atoms with Crippen molar-refractivity contribution in [1.82, 2.24) is 5.01 Å². The lowest BCUT2D eigenvalue weighted by atomic mass is 10.2. The fourth-order valence-electron chi connectivity index (χ4n) is 1.31. The fraction of sp³-hybridized carbons (Fsp3) is 0.455. The van der Waals surface area contributed by atoms with Gasteiger partial charge in [0.2, 0.25) is 0 Å². The summed E-state index contributed by atoms with van der Waals surface area (Å²) in [6, 6.07) is 3.61. The Morgan fingerprint density at radius 2 is 2.05 bits per heavy atom. The van der Waals surface area contributed by atoms with Crippen molar-refractivity contribution >= 4 is 30.4 Å². The highest BCUT2D eigenvalue weighted by molar-refractivity contribution is 7.55. The third kappa shape index (κ3) is 4.54. The summed E-state index contributed by atoms with van der Waals surface area (Å²) in [5, 5.41) is 7.52. The highest BCUT2D eigenvalue weighted by atomic mass is 32.1. The Balaban J connectivity index is 3.01. The van der Waals surface area contributed by atoms with Crippen LogP contribution in [0.3, 0.4) is 0 Å². The third-order valence-electron chi connectivity index (χ3n) is 2.21. The van der Waals surface area contributed by atoms with Crippen molar-refractivity contribution in [1.29, 1.82) is 0 Å². The second kappa shape index (κ2) is 6.96. The van der Waals surface area contributed by atoms with Crippen molar-refractivity contribution in [3.63, 3.8) is 0 Å². The maximum absolute atomic E-state index is 12.2. The topological polar surface area (TPSA) is 68.2 Å². The Hall–Kier alpha value is -1.01. The third-order valence-corrected chi connectivity index (χ3v) is 4.88.